The van der Waals surface area contributed by atoms with E-state index in [1.54, 1.807) is 6.07 Å². The van der Waals surface area contributed by atoms with E-state index in [-0.39, 0.29) is 5.91 Å². The molecule has 6 heteroatoms. The van der Waals surface area contributed by atoms with Gasteiger partial charge in [-0.2, -0.15) is 5.10 Å². The van der Waals surface area contributed by atoms with Crippen molar-refractivity contribution in [3.63, 3.8) is 0 Å². The Bertz CT molecular complexity index is 926. The zero-order valence-electron chi connectivity index (χ0n) is 13.1. The lowest BCUT2D eigenvalue weighted by molar-refractivity contribution is 0.0920. The van der Waals surface area contributed by atoms with Crippen LogP contribution in [0.1, 0.15) is 33.0 Å². The smallest absolute Gasteiger partial charge is 0.287 e. The Morgan fingerprint density at radius 2 is 2.21 bits per heavy atom. The topological polar surface area (TPSA) is 70.9 Å². The van der Waals surface area contributed by atoms with E-state index in [2.05, 4.69) is 15.5 Å². The highest BCUT2D eigenvalue weighted by atomic mass is 35.5. The maximum atomic E-state index is 12.5. The summed E-state index contributed by atoms with van der Waals surface area (Å²) < 4.78 is 5.85. The van der Waals surface area contributed by atoms with Crippen LogP contribution < -0.4 is 5.32 Å². The number of fused-ring (bicyclic) bond motifs is 3. The first-order valence-corrected chi connectivity index (χ1v) is 8.19. The number of nitrogens with zero attached hydrogens (tertiary/aromatic N) is 1. The van der Waals surface area contributed by atoms with E-state index in [0.717, 1.165) is 46.5 Å². The third-order valence-corrected chi connectivity index (χ3v) is 4.78. The number of hydrogen-bond donors (Lipinski definition) is 2. The van der Waals surface area contributed by atoms with Crippen LogP contribution in [0.4, 0.5) is 0 Å². The number of amides is 1. The van der Waals surface area contributed by atoms with Crippen LogP contribution in [0.5, 0.6) is 0 Å². The van der Waals surface area contributed by atoms with E-state index in [1.807, 2.05) is 31.3 Å². The molecule has 2 aromatic heterocycles. The number of carbonyl (C=O) groups is 1. The van der Waals surface area contributed by atoms with Gasteiger partial charge in [-0.05, 0) is 30.5 Å². The molecule has 2 heterocycles. The molecule has 4 rings (SSSR count). The van der Waals surface area contributed by atoms with Gasteiger partial charge in [0.2, 0.25) is 0 Å². The summed E-state index contributed by atoms with van der Waals surface area (Å²) in [6, 6.07) is 7.45. The Morgan fingerprint density at radius 1 is 1.38 bits per heavy atom. The van der Waals surface area contributed by atoms with Gasteiger partial charge in [0.25, 0.3) is 5.91 Å². The summed E-state index contributed by atoms with van der Waals surface area (Å²) in [5, 5.41) is 10.6. The van der Waals surface area contributed by atoms with Crippen molar-refractivity contribution >= 4 is 17.5 Å². The minimum absolute atomic E-state index is 0.233. The van der Waals surface area contributed by atoms with Crippen molar-refractivity contribution in [1.29, 1.82) is 0 Å². The summed E-state index contributed by atoms with van der Waals surface area (Å²) in [7, 11) is 0. The molecule has 1 aliphatic rings. The van der Waals surface area contributed by atoms with Gasteiger partial charge < -0.3 is 9.73 Å². The molecule has 0 spiro atoms. The maximum absolute atomic E-state index is 12.5. The number of aryl methyl sites for hydroxylation is 2. The van der Waals surface area contributed by atoms with Gasteiger partial charge in [0.05, 0.1) is 11.9 Å². The molecule has 0 bridgehead atoms. The lowest BCUT2D eigenvalue weighted by Crippen LogP contribution is -2.23. The number of benzene rings is 1. The Labute approximate surface area is 144 Å². The van der Waals surface area contributed by atoms with E-state index in [9.17, 15) is 4.79 Å². The zero-order valence-corrected chi connectivity index (χ0v) is 13.9. The maximum Gasteiger partial charge on any atom is 0.287 e. The molecular weight excluding hydrogens is 326 g/mol. The summed E-state index contributed by atoms with van der Waals surface area (Å²) in [5.74, 6) is 0.963. The van der Waals surface area contributed by atoms with Gasteiger partial charge in [0, 0.05) is 29.1 Å². The van der Waals surface area contributed by atoms with Gasteiger partial charge in [0.1, 0.15) is 5.76 Å². The van der Waals surface area contributed by atoms with Crippen molar-refractivity contribution in [3.05, 3.63) is 63.7 Å². The average Bonchev–Trinajstić information content (AvgIpc) is 3.18. The summed E-state index contributed by atoms with van der Waals surface area (Å²) in [4.78, 5) is 12.5. The Kier molecular flexibility index (Phi) is 3.65. The van der Waals surface area contributed by atoms with Crippen LogP contribution in [0.25, 0.3) is 11.3 Å². The van der Waals surface area contributed by atoms with E-state index in [1.165, 1.54) is 0 Å². The fourth-order valence-electron chi connectivity index (χ4n) is 3.16. The van der Waals surface area contributed by atoms with E-state index >= 15 is 0 Å². The number of H-pyrrole nitrogens is 1. The molecule has 0 saturated carbocycles. The third kappa shape index (κ3) is 2.41. The van der Waals surface area contributed by atoms with Gasteiger partial charge in [0.15, 0.2) is 5.76 Å². The van der Waals surface area contributed by atoms with Crippen molar-refractivity contribution in [3.8, 4) is 11.3 Å². The highest BCUT2D eigenvalue weighted by molar-refractivity contribution is 6.31. The number of aromatic amines is 1. The van der Waals surface area contributed by atoms with Crippen molar-refractivity contribution in [2.75, 3.05) is 0 Å². The van der Waals surface area contributed by atoms with E-state index in [4.69, 9.17) is 16.0 Å². The molecule has 0 aliphatic heterocycles. The summed E-state index contributed by atoms with van der Waals surface area (Å²) in [5.41, 5.74) is 4.80. The van der Waals surface area contributed by atoms with Crippen molar-refractivity contribution in [2.24, 2.45) is 0 Å². The number of hydrogen-bond acceptors (Lipinski definition) is 3. The predicted octanol–water partition coefficient (Wildman–Crippen LogP) is 3.66. The number of rotatable bonds is 3. The molecule has 1 amide bonds. The van der Waals surface area contributed by atoms with E-state index in [0.29, 0.717) is 17.3 Å². The van der Waals surface area contributed by atoms with Crippen LogP contribution in [0, 0.1) is 6.92 Å². The van der Waals surface area contributed by atoms with Crippen LogP contribution in [0.3, 0.4) is 0 Å². The van der Waals surface area contributed by atoms with E-state index < -0.39 is 0 Å². The first kappa shape index (κ1) is 15.0. The second kappa shape index (κ2) is 5.83. The predicted molar refractivity (Wildman–Crippen MR) is 91.1 cm³/mol. The quantitative estimate of drug-likeness (QED) is 0.763. The molecule has 0 saturated heterocycles. The van der Waals surface area contributed by atoms with Crippen LogP contribution in [-0.4, -0.2) is 16.1 Å². The van der Waals surface area contributed by atoms with Crippen LogP contribution >= 0.6 is 11.6 Å². The van der Waals surface area contributed by atoms with Crippen LogP contribution in [0.15, 0.2) is 34.9 Å². The number of carbonyl (C=O) groups excluding carboxylic acids is 1. The molecule has 2 N–H and O–H groups in total. The number of halogens is 1. The molecule has 5 nitrogen and oxygen atoms in total. The summed E-state index contributed by atoms with van der Waals surface area (Å²) in [6.45, 7) is 2.27. The van der Waals surface area contributed by atoms with Crippen molar-refractivity contribution in [2.45, 2.75) is 26.3 Å². The highest BCUT2D eigenvalue weighted by Crippen LogP contribution is 2.37. The molecule has 122 valence electrons. The third-order valence-electron chi connectivity index (χ3n) is 4.41. The van der Waals surface area contributed by atoms with Crippen molar-refractivity contribution < 1.29 is 9.21 Å². The van der Waals surface area contributed by atoms with Crippen molar-refractivity contribution in [1.82, 2.24) is 15.5 Å². The Hall–Kier alpha value is -2.53. The lowest BCUT2D eigenvalue weighted by atomic mass is 9.93. The molecule has 24 heavy (non-hydrogen) atoms. The van der Waals surface area contributed by atoms with Crippen LogP contribution in [0.2, 0.25) is 5.02 Å². The number of aromatic nitrogens is 2. The molecule has 1 aliphatic carbocycles. The first-order valence-electron chi connectivity index (χ1n) is 7.81. The molecule has 0 radical (unpaired) electrons. The summed E-state index contributed by atoms with van der Waals surface area (Å²) >= 11 is 6.13. The van der Waals surface area contributed by atoms with Gasteiger partial charge >= 0.3 is 0 Å². The fraction of sp³-hybridized carbons (Fsp3) is 0.222. The Morgan fingerprint density at radius 3 is 3.04 bits per heavy atom. The number of furan rings is 1. The molecule has 3 aromatic rings. The standard InChI is InChI=1S/C18H16ClN3O2/c1-10-15-14(7-6-12-9-21-22-16(12)15)24-17(10)18(23)20-8-11-4-2-3-5-13(11)19/h2-5,9H,6-8H2,1H3,(H,20,23)(H,21,22). The van der Waals surface area contributed by atoms with Gasteiger partial charge in [-0.3, -0.25) is 9.89 Å². The second-order valence-corrected chi connectivity index (χ2v) is 6.31. The molecule has 0 unspecified atom stereocenters. The average molecular weight is 342 g/mol. The minimum Gasteiger partial charge on any atom is -0.455 e. The second-order valence-electron chi connectivity index (χ2n) is 5.90. The van der Waals surface area contributed by atoms with Gasteiger partial charge in [-0.1, -0.05) is 29.8 Å². The highest BCUT2D eigenvalue weighted by Gasteiger charge is 2.28. The lowest BCUT2D eigenvalue weighted by Gasteiger charge is -2.09. The van der Waals surface area contributed by atoms with Gasteiger partial charge in [-0.25, -0.2) is 0 Å². The minimum atomic E-state index is -0.233. The molecular formula is C18H16ClN3O2. The largest absolute Gasteiger partial charge is 0.455 e. The first-order chi connectivity index (χ1) is 11.6. The monoisotopic (exact) mass is 341 g/mol. The van der Waals surface area contributed by atoms with Gasteiger partial charge in [-0.15, -0.1) is 0 Å². The van der Waals surface area contributed by atoms with Crippen LogP contribution in [-0.2, 0) is 19.4 Å². The fourth-order valence-corrected chi connectivity index (χ4v) is 3.36. The molecule has 1 aromatic carbocycles. The summed E-state index contributed by atoms with van der Waals surface area (Å²) in [6.07, 6.45) is 3.48. The SMILES string of the molecule is Cc1c(C(=O)NCc2ccccc2Cl)oc2c1-c1[nH]ncc1CC2. The zero-order chi connectivity index (χ0) is 16.7. The Balaban J connectivity index is 1.60. The molecule has 0 fully saturated rings. The molecule has 0 atom stereocenters. The number of nitrogens with one attached hydrogen (secondary N) is 2. The normalized spacial score (nSPS) is 12.6.